The first-order valence-electron chi connectivity index (χ1n) is 5.87. The number of nitrogens with one attached hydrogen (secondary N) is 2. The highest BCUT2D eigenvalue weighted by Gasteiger charge is 2.21. The smallest absolute Gasteiger partial charge is 0.220 e. The van der Waals surface area contributed by atoms with E-state index < -0.39 is 0 Å². The third kappa shape index (κ3) is 5.17. The van der Waals surface area contributed by atoms with E-state index in [1.54, 1.807) is 0 Å². The largest absolute Gasteiger partial charge is 0.351 e. The summed E-state index contributed by atoms with van der Waals surface area (Å²) in [4.78, 5) is 11.6. The van der Waals surface area contributed by atoms with Gasteiger partial charge in [0.15, 0.2) is 0 Å². The first-order chi connectivity index (χ1) is 6.87. The lowest BCUT2D eigenvalue weighted by Gasteiger charge is -2.29. The summed E-state index contributed by atoms with van der Waals surface area (Å²) in [7, 11) is 0. The minimum atomic E-state index is 0.207. The van der Waals surface area contributed by atoms with Crippen molar-refractivity contribution in [2.75, 3.05) is 13.1 Å². The second-order valence-electron chi connectivity index (χ2n) is 6.00. The third-order valence-electron chi connectivity index (χ3n) is 2.64. The summed E-state index contributed by atoms with van der Waals surface area (Å²) >= 11 is 0. The molecule has 1 atom stereocenters. The van der Waals surface area contributed by atoms with E-state index >= 15 is 0 Å². The molecule has 1 aliphatic rings. The summed E-state index contributed by atoms with van der Waals surface area (Å²) in [5, 5.41) is 6.18. The molecule has 1 aliphatic heterocycles. The molecule has 0 saturated carbocycles. The molecule has 0 aromatic carbocycles. The van der Waals surface area contributed by atoms with Gasteiger partial charge in [-0.2, -0.15) is 0 Å². The fourth-order valence-electron chi connectivity index (χ4n) is 2.11. The van der Waals surface area contributed by atoms with E-state index in [1.165, 1.54) is 0 Å². The molecule has 0 aromatic heterocycles. The van der Waals surface area contributed by atoms with Crippen molar-refractivity contribution in [1.82, 2.24) is 10.6 Å². The molecular formula is C12H24N2O. The summed E-state index contributed by atoms with van der Waals surface area (Å²) in [6, 6.07) is 0.374. The minimum absolute atomic E-state index is 0.207. The molecule has 1 unspecified atom stereocenters. The van der Waals surface area contributed by atoms with Crippen LogP contribution in [0.25, 0.3) is 0 Å². The number of hydrogen-bond donors (Lipinski definition) is 2. The zero-order valence-electron chi connectivity index (χ0n) is 10.4. The highest BCUT2D eigenvalue weighted by molar-refractivity contribution is 5.76. The van der Waals surface area contributed by atoms with E-state index in [1.807, 2.05) is 0 Å². The van der Waals surface area contributed by atoms with Crippen molar-refractivity contribution in [3.8, 4) is 0 Å². The van der Waals surface area contributed by atoms with Crippen LogP contribution in [-0.4, -0.2) is 25.0 Å². The summed E-state index contributed by atoms with van der Waals surface area (Å²) in [5.74, 6) is 0.677. The maximum Gasteiger partial charge on any atom is 0.220 e. The van der Waals surface area contributed by atoms with Crippen molar-refractivity contribution in [2.24, 2.45) is 11.3 Å². The van der Waals surface area contributed by atoms with Crippen LogP contribution in [0.3, 0.4) is 0 Å². The Kier molecular flexibility index (Phi) is 4.14. The number of hydrogen-bond acceptors (Lipinski definition) is 2. The monoisotopic (exact) mass is 212 g/mol. The molecule has 0 aromatic rings. The zero-order chi connectivity index (χ0) is 11.5. The van der Waals surface area contributed by atoms with E-state index in [4.69, 9.17) is 0 Å². The SMILES string of the molecule is CC(CC(=O)NC1CNC1)CC(C)(C)C. The predicted octanol–water partition coefficient (Wildman–Crippen LogP) is 1.54. The fraction of sp³-hybridized carbons (Fsp3) is 0.917. The van der Waals surface area contributed by atoms with Crippen LogP contribution in [0.5, 0.6) is 0 Å². The normalized spacial score (nSPS) is 19.5. The molecule has 3 nitrogen and oxygen atoms in total. The highest BCUT2D eigenvalue weighted by atomic mass is 16.1. The molecule has 1 amide bonds. The fourth-order valence-corrected chi connectivity index (χ4v) is 2.11. The average molecular weight is 212 g/mol. The van der Waals surface area contributed by atoms with Crippen LogP contribution in [0.4, 0.5) is 0 Å². The number of carbonyl (C=O) groups excluding carboxylic acids is 1. The van der Waals surface area contributed by atoms with Crippen molar-refractivity contribution >= 4 is 5.91 Å². The second-order valence-corrected chi connectivity index (χ2v) is 6.00. The molecule has 0 aliphatic carbocycles. The van der Waals surface area contributed by atoms with Crippen molar-refractivity contribution in [2.45, 2.75) is 46.6 Å². The predicted molar refractivity (Wildman–Crippen MR) is 62.7 cm³/mol. The molecule has 1 fully saturated rings. The topological polar surface area (TPSA) is 41.1 Å². The molecule has 0 bridgehead atoms. The highest BCUT2D eigenvalue weighted by Crippen LogP contribution is 2.25. The van der Waals surface area contributed by atoms with E-state index in [0.29, 0.717) is 23.8 Å². The first-order valence-corrected chi connectivity index (χ1v) is 5.87. The Labute approximate surface area is 93.0 Å². The maximum absolute atomic E-state index is 11.6. The van der Waals surface area contributed by atoms with Gasteiger partial charge in [-0.15, -0.1) is 0 Å². The summed E-state index contributed by atoms with van der Waals surface area (Å²) in [6.07, 6.45) is 1.76. The Morgan fingerprint density at radius 1 is 1.47 bits per heavy atom. The zero-order valence-corrected chi connectivity index (χ0v) is 10.4. The van der Waals surface area contributed by atoms with Gasteiger partial charge in [-0.05, 0) is 17.8 Å². The van der Waals surface area contributed by atoms with Crippen LogP contribution < -0.4 is 10.6 Å². The van der Waals surface area contributed by atoms with Gasteiger partial charge in [0.1, 0.15) is 0 Å². The van der Waals surface area contributed by atoms with Crippen LogP contribution >= 0.6 is 0 Å². The van der Waals surface area contributed by atoms with Gasteiger partial charge in [-0.25, -0.2) is 0 Å². The quantitative estimate of drug-likeness (QED) is 0.742. The minimum Gasteiger partial charge on any atom is -0.351 e. The van der Waals surface area contributed by atoms with Gasteiger partial charge in [0, 0.05) is 19.5 Å². The number of rotatable bonds is 4. The Balaban J connectivity index is 2.18. The van der Waals surface area contributed by atoms with E-state index in [2.05, 4.69) is 38.3 Å². The maximum atomic E-state index is 11.6. The Bertz CT molecular complexity index is 216. The summed E-state index contributed by atoms with van der Waals surface area (Å²) < 4.78 is 0. The molecule has 1 saturated heterocycles. The van der Waals surface area contributed by atoms with Gasteiger partial charge >= 0.3 is 0 Å². The summed E-state index contributed by atoms with van der Waals surface area (Å²) in [6.45, 7) is 10.7. The third-order valence-corrected chi connectivity index (χ3v) is 2.64. The lowest BCUT2D eigenvalue weighted by atomic mass is 9.84. The lowest BCUT2D eigenvalue weighted by Crippen LogP contribution is -2.57. The van der Waals surface area contributed by atoms with E-state index in [9.17, 15) is 4.79 Å². The van der Waals surface area contributed by atoms with Gasteiger partial charge in [0.25, 0.3) is 0 Å². The number of amides is 1. The van der Waals surface area contributed by atoms with Gasteiger partial charge < -0.3 is 10.6 Å². The molecule has 0 spiro atoms. The Morgan fingerprint density at radius 3 is 2.47 bits per heavy atom. The van der Waals surface area contributed by atoms with Gasteiger partial charge in [-0.1, -0.05) is 27.7 Å². The molecule has 0 radical (unpaired) electrons. The van der Waals surface area contributed by atoms with Crippen LogP contribution in [0.1, 0.15) is 40.5 Å². The number of carbonyl (C=O) groups is 1. The lowest BCUT2D eigenvalue weighted by molar-refractivity contribution is -0.123. The molecule has 2 N–H and O–H groups in total. The van der Waals surface area contributed by atoms with Crippen molar-refractivity contribution in [3.05, 3.63) is 0 Å². The van der Waals surface area contributed by atoms with Crippen LogP contribution in [0, 0.1) is 11.3 Å². The Morgan fingerprint density at radius 2 is 2.07 bits per heavy atom. The van der Waals surface area contributed by atoms with Gasteiger partial charge in [-0.3, -0.25) is 4.79 Å². The molecule has 1 rings (SSSR count). The molecular weight excluding hydrogens is 188 g/mol. The van der Waals surface area contributed by atoms with Gasteiger partial charge in [0.05, 0.1) is 6.04 Å². The molecule has 1 heterocycles. The first kappa shape index (κ1) is 12.5. The van der Waals surface area contributed by atoms with Crippen molar-refractivity contribution in [3.63, 3.8) is 0 Å². The van der Waals surface area contributed by atoms with Crippen molar-refractivity contribution in [1.29, 1.82) is 0 Å². The Hall–Kier alpha value is -0.570. The van der Waals surface area contributed by atoms with Crippen LogP contribution in [0.2, 0.25) is 0 Å². The standard InChI is InChI=1S/C12H24N2O/c1-9(6-12(2,3)4)5-11(15)14-10-7-13-8-10/h9-10,13H,5-8H2,1-4H3,(H,14,15). The second kappa shape index (κ2) is 4.97. The van der Waals surface area contributed by atoms with Crippen LogP contribution in [-0.2, 0) is 4.79 Å². The van der Waals surface area contributed by atoms with Crippen molar-refractivity contribution < 1.29 is 4.79 Å². The van der Waals surface area contributed by atoms with E-state index in [0.717, 1.165) is 19.5 Å². The van der Waals surface area contributed by atoms with E-state index in [-0.39, 0.29) is 5.91 Å². The summed E-state index contributed by atoms with van der Waals surface area (Å²) in [5.41, 5.74) is 0.317. The van der Waals surface area contributed by atoms with Gasteiger partial charge in [0.2, 0.25) is 5.91 Å². The molecule has 15 heavy (non-hydrogen) atoms. The molecule has 3 heteroatoms. The molecule has 88 valence electrons. The average Bonchev–Trinajstić information content (AvgIpc) is 1.92. The van der Waals surface area contributed by atoms with Crippen LogP contribution in [0.15, 0.2) is 0 Å².